The van der Waals surface area contributed by atoms with Crippen LogP contribution in [0.5, 0.6) is 0 Å². The van der Waals surface area contributed by atoms with Crippen LogP contribution in [0.4, 0.5) is 17.1 Å². The molecule has 0 bridgehead atoms. The van der Waals surface area contributed by atoms with Crippen molar-refractivity contribution in [3.05, 3.63) is 243 Å². The highest BCUT2D eigenvalue weighted by Crippen LogP contribution is 2.45. The average molecular weight is 765 g/mol. The lowest BCUT2D eigenvalue weighted by atomic mass is 9.93. The minimum atomic E-state index is 1.09. The molecule has 1 aromatic heterocycles. The van der Waals surface area contributed by atoms with Crippen LogP contribution in [-0.4, -0.2) is 4.57 Å². The highest BCUT2D eigenvalue weighted by molar-refractivity contribution is 6.09. The van der Waals surface area contributed by atoms with Crippen molar-refractivity contribution in [2.75, 3.05) is 4.90 Å². The van der Waals surface area contributed by atoms with Crippen LogP contribution >= 0.6 is 0 Å². The SMILES string of the molecule is c1ccc(-c2ccccc2-c2ccccc2N(c2ccc(-c3ccc(-c4ccccc4-n4c5ccccc5c5ccccc54)cc3)cc2)c2ccc3ccccc3c2)cc1. The van der Waals surface area contributed by atoms with Crippen molar-refractivity contribution in [3.8, 4) is 50.2 Å². The monoisotopic (exact) mass is 764 g/mol. The van der Waals surface area contributed by atoms with Crippen molar-refractivity contribution >= 4 is 49.6 Å². The third kappa shape index (κ3) is 6.23. The first-order chi connectivity index (χ1) is 29.8. The minimum Gasteiger partial charge on any atom is -0.310 e. The summed E-state index contributed by atoms with van der Waals surface area (Å²) in [7, 11) is 0. The van der Waals surface area contributed by atoms with Gasteiger partial charge in [-0.3, -0.25) is 0 Å². The number of benzene rings is 10. The maximum absolute atomic E-state index is 2.41. The number of hydrogen-bond acceptors (Lipinski definition) is 1. The predicted octanol–water partition coefficient (Wildman–Crippen LogP) is 16.1. The molecule has 0 aliphatic heterocycles. The van der Waals surface area contributed by atoms with Crippen LogP contribution in [0, 0.1) is 0 Å². The molecule has 0 fully saturated rings. The third-order valence-electron chi connectivity index (χ3n) is 11.8. The Hall–Kier alpha value is -7.94. The summed E-state index contributed by atoms with van der Waals surface area (Å²) in [6.07, 6.45) is 0. The first-order valence-electron chi connectivity index (χ1n) is 20.6. The molecule has 0 amide bonds. The van der Waals surface area contributed by atoms with E-state index in [0.29, 0.717) is 0 Å². The van der Waals surface area contributed by atoms with E-state index >= 15 is 0 Å². The van der Waals surface area contributed by atoms with E-state index in [1.165, 1.54) is 82.8 Å². The minimum absolute atomic E-state index is 1.09. The maximum atomic E-state index is 2.41. The van der Waals surface area contributed by atoms with Crippen molar-refractivity contribution < 1.29 is 0 Å². The molecule has 11 rings (SSSR count). The largest absolute Gasteiger partial charge is 0.310 e. The molecule has 0 saturated heterocycles. The van der Waals surface area contributed by atoms with Crippen LogP contribution in [-0.2, 0) is 0 Å². The van der Waals surface area contributed by atoms with Gasteiger partial charge >= 0.3 is 0 Å². The molecule has 2 heteroatoms. The van der Waals surface area contributed by atoms with Crippen LogP contribution in [0.25, 0.3) is 82.8 Å². The van der Waals surface area contributed by atoms with E-state index in [9.17, 15) is 0 Å². The first-order valence-corrected chi connectivity index (χ1v) is 20.6. The molecule has 1 heterocycles. The van der Waals surface area contributed by atoms with Crippen LogP contribution in [0.3, 0.4) is 0 Å². The summed E-state index contributed by atoms with van der Waals surface area (Å²) in [5.41, 5.74) is 16.4. The predicted molar refractivity (Wildman–Crippen MR) is 255 cm³/mol. The molecule has 0 radical (unpaired) electrons. The summed E-state index contributed by atoms with van der Waals surface area (Å²) in [5.74, 6) is 0. The Bertz CT molecular complexity index is 3250. The molecule has 60 heavy (non-hydrogen) atoms. The van der Waals surface area contributed by atoms with Gasteiger partial charge in [-0.25, -0.2) is 0 Å². The van der Waals surface area contributed by atoms with Gasteiger partial charge in [0, 0.05) is 33.3 Å². The van der Waals surface area contributed by atoms with Crippen LogP contribution in [0.2, 0.25) is 0 Å². The lowest BCUT2D eigenvalue weighted by Crippen LogP contribution is -2.11. The molecule has 0 aliphatic carbocycles. The smallest absolute Gasteiger partial charge is 0.0541 e. The fourth-order valence-electron chi connectivity index (χ4n) is 8.97. The van der Waals surface area contributed by atoms with Crippen molar-refractivity contribution in [1.82, 2.24) is 4.57 Å². The summed E-state index contributed by atoms with van der Waals surface area (Å²) in [5, 5.41) is 4.96. The Kier molecular flexibility index (Phi) is 8.87. The number of rotatable bonds is 8. The third-order valence-corrected chi connectivity index (χ3v) is 11.8. The van der Waals surface area contributed by atoms with Gasteiger partial charge in [-0.2, -0.15) is 0 Å². The van der Waals surface area contributed by atoms with E-state index in [1.807, 2.05) is 0 Å². The van der Waals surface area contributed by atoms with E-state index < -0.39 is 0 Å². The number of nitrogens with zero attached hydrogens (tertiary/aromatic N) is 2. The number of para-hydroxylation sites is 4. The molecule has 0 unspecified atom stereocenters. The molecular weight excluding hydrogens is 725 g/mol. The summed E-state index contributed by atoms with van der Waals surface area (Å²) < 4.78 is 2.41. The number of hydrogen-bond donors (Lipinski definition) is 0. The fourth-order valence-corrected chi connectivity index (χ4v) is 8.97. The van der Waals surface area contributed by atoms with E-state index in [4.69, 9.17) is 0 Å². The Morgan fingerprint density at radius 3 is 1.48 bits per heavy atom. The van der Waals surface area contributed by atoms with Crippen molar-refractivity contribution in [3.63, 3.8) is 0 Å². The second kappa shape index (κ2) is 15.1. The first kappa shape index (κ1) is 35.2. The van der Waals surface area contributed by atoms with Gasteiger partial charge in [0.05, 0.1) is 22.4 Å². The van der Waals surface area contributed by atoms with Gasteiger partial charge in [0.1, 0.15) is 0 Å². The zero-order valence-corrected chi connectivity index (χ0v) is 33.0. The standard InChI is InChI=1S/C58H40N2/c1-2-17-44(18-3-1)49-20-6-7-22-51(49)52-23-9-13-27-56(52)59(48-39-36-41-16-4-5-19-46(41)40-48)47-37-34-43(35-38-47)42-30-32-45(33-31-42)50-21-8-12-26-55(50)60-57-28-14-10-24-53(57)54-25-11-15-29-58(54)60/h1-40H. The normalized spacial score (nSPS) is 11.3. The highest BCUT2D eigenvalue weighted by Gasteiger charge is 2.20. The Labute approximate surface area is 350 Å². The molecule has 11 aromatic rings. The molecule has 2 nitrogen and oxygen atoms in total. The zero-order chi connectivity index (χ0) is 39.8. The number of fused-ring (bicyclic) bond motifs is 4. The summed E-state index contributed by atoms with van der Waals surface area (Å²) in [6, 6.07) is 87.8. The van der Waals surface area contributed by atoms with Gasteiger partial charge in [0.25, 0.3) is 0 Å². The zero-order valence-electron chi connectivity index (χ0n) is 33.0. The topological polar surface area (TPSA) is 8.17 Å². The maximum Gasteiger partial charge on any atom is 0.0541 e. The van der Waals surface area contributed by atoms with E-state index in [2.05, 4.69) is 252 Å². The lowest BCUT2D eigenvalue weighted by Gasteiger charge is -2.29. The second-order valence-corrected chi connectivity index (χ2v) is 15.3. The van der Waals surface area contributed by atoms with Gasteiger partial charge in [-0.05, 0) is 92.7 Å². The summed E-state index contributed by atoms with van der Waals surface area (Å²) in [4.78, 5) is 2.40. The molecular formula is C58H40N2. The van der Waals surface area contributed by atoms with E-state index in [1.54, 1.807) is 0 Å². The molecule has 0 saturated carbocycles. The highest BCUT2D eigenvalue weighted by atomic mass is 15.1. The van der Waals surface area contributed by atoms with Gasteiger partial charge in [0.15, 0.2) is 0 Å². The molecule has 0 spiro atoms. The van der Waals surface area contributed by atoms with Gasteiger partial charge < -0.3 is 9.47 Å². The Morgan fingerprint density at radius 2 is 0.767 bits per heavy atom. The molecule has 282 valence electrons. The summed E-state index contributed by atoms with van der Waals surface area (Å²) >= 11 is 0. The fraction of sp³-hybridized carbons (Fsp3) is 0. The molecule has 0 aliphatic rings. The second-order valence-electron chi connectivity index (χ2n) is 15.3. The molecule has 10 aromatic carbocycles. The lowest BCUT2D eigenvalue weighted by molar-refractivity contribution is 1.18. The quantitative estimate of drug-likeness (QED) is 0.150. The molecule has 0 N–H and O–H groups in total. The van der Waals surface area contributed by atoms with Crippen molar-refractivity contribution in [1.29, 1.82) is 0 Å². The van der Waals surface area contributed by atoms with Crippen LogP contribution in [0.15, 0.2) is 243 Å². The van der Waals surface area contributed by atoms with E-state index in [0.717, 1.165) is 17.1 Å². The van der Waals surface area contributed by atoms with E-state index in [-0.39, 0.29) is 0 Å². The Balaban J connectivity index is 0.981. The van der Waals surface area contributed by atoms with Gasteiger partial charge in [-0.1, -0.05) is 194 Å². The van der Waals surface area contributed by atoms with Gasteiger partial charge in [-0.15, -0.1) is 0 Å². The van der Waals surface area contributed by atoms with Crippen molar-refractivity contribution in [2.24, 2.45) is 0 Å². The van der Waals surface area contributed by atoms with Gasteiger partial charge in [0.2, 0.25) is 0 Å². The number of anilines is 3. The Morgan fingerprint density at radius 1 is 0.283 bits per heavy atom. The summed E-state index contributed by atoms with van der Waals surface area (Å²) in [6.45, 7) is 0. The molecule has 0 atom stereocenters. The number of aromatic nitrogens is 1. The average Bonchev–Trinajstić information content (AvgIpc) is 3.67. The van der Waals surface area contributed by atoms with Crippen LogP contribution in [0.1, 0.15) is 0 Å². The van der Waals surface area contributed by atoms with Crippen molar-refractivity contribution in [2.45, 2.75) is 0 Å². The van der Waals surface area contributed by atoms with Crippen LogP contribution < -0.4 is 4.90 Å².